The molecule has 36 heavy (non-hydrogen) atoms. The molecule has 9 heteroatoms. The second-order valence-electron chi connectivity index (χ2n) is 9.16. The smallest absolute Gasteiger partial charge is 0.343 e. The number of fused-ring (bicyclic) bond motifs is 1. The van der Waals surface area contributed by atoms with Crippen LogP contribution in [0, 0.1) is 5.92 Å². The lowest BCUT2D eigenvalue weighted by Crippen LogP contribution is -2.29. The topological polar surface area (TPSA) is 90.3 Å². The van der Waals surface area contributed by atoms with Gasteiger partial charge in [0.1, 0.15) is 17.1 Å². The van der Waals surface area contributed by atoms with Gasteiger partial charge in [0.2, 0.25) is 5.91 Å². The van der Waals surface area contributed by atoms with Crippen LogP contribution < -0.4 is 15.0 Å². The van der Waals surface area contributed by atoms with Crippen molar-refractivity contribution in [1.82, 2.24) is 14.4 Å². The van der Waals surface area contributed by atoms with Crippen molar-refractivity contribution in [2.24, 2.45) is 5.92 Å². The Balaban J connectivity index is 1.50. The third-order valence-corrected chi connectivity index (χ3v) is 6.77. The first-order chi connectivity index (χ1) is 17.4. The highest BCUT2D eigenvalue weighted by Crippen LogP contribution is 2.26. The molecule has 2 aliphatic heterocycles. The van der Waals surface area contributed by atoms with Crippen LogP contribution in [0.4, 0.5) is 0 Å². The quantitative estimate of drug-likeness (QED) is 0.518. The van der Waals surface area contributed by atoms with Crippen LogP contribution in [0.5, 0.6) is 11.5 Å². The zero-order chi connectivity index (χ0) is 25.7. The summed E-state index contributed by atoms with van der Waals surface area (Å²) in [4.78, 5) is 41.5. The molecule has 9 nitrogen and oxygen atoms in total. The molecule has 1 aromatic heterocycles. The van der Waals surface area contributed by atoms with E-state index in [2.05, 4.69) is 11.0 Å². The summed E-state index contributed by atoms with van der Waals surface area (Å²) in [6, 6.07) is 9.19. The van der Waals surface area contributed by atoms with E-state index in [1.807, 2.05) is 30.3 Å². The lowest BCUT2D eigenvalue weighted by atomic mass is 10.1. The van der Waals surface area contributed by atoms with E-state index >= 15 is 0 Å². The van der Waals surface area contributed by atoms with Crippen molar-refractivity contribution >= 4 is 18.0 Å². The van der Waals surface area contributed by atoms with Gasteiger partial charge < -0.3 is 23.7 Å². The molecule has 2 aliphatic rings. The Morgan fingerprint density at radius 1 is 1.11 bits per heavy atom. The number of pyridine rings is 1. The Morgan fingerprint density at radius 3 is 2.64 bits per heavy atom. The van der Waals surface area contributed by atoms with Crippen molar-refractivity contribution in [3.05, 3.63) is 63.6 Å². The third kappa shape index (κ3) is 5.62. The van der Waals surface area contributed by atoms with Gasteiger partial charge in [-0.1, -0.05) is 30.4 Å². The van der Waals surface area contributed by atoms with Crippen LogP contribution in [0.15, 0.2) is 41.2 Å². The summed E-state index contributed by atoms with van der Waals surface area (Å²) in [5.41, 5.74) is 1.71. The Kier molecular flexibility index (Phi) is 8.10. The van der Waals surface area contributed by atoms with Crippen LogP contribution in [0.3, 0.4) is 0 Å². The van der Waals surface area contributed by atoms with Crippen LogP contribution in [0.25, 0.3) is 6.08 Å². The van der Waals surface area contributed by atoms with E-state index < -0.39 is 5.97 Å². The molecule has 1 saturated heterocycles. The first-order valence-corrected chi connectivity index (χ1v) is 12.1. The summed E-state index contributed by atoms with van der Waals surface area (Å²) < 4.78 is 18.1. The number of hydrogen-bond donors (Lipinski definition) is 0. The number of amides is 1. The fourth-order valence-electron chi connectivity index (χ4n) is 4.82. The molecule has 4 rings (SSSR count). The molecule has 0 N–H and O–H groups in total. The standard InChI is InChI=1S/C27H33N3O6/c1-28-17-19(15-24(28)31)18-36-23-16-25(32)30-14-13-29(12-10-21(30)26(23)27(33)35-3)11-6-8-20-7-4-5-9-22(20)34-2/h4-9,16,19H,10-15,17-18H2,1-3H3/b8-6+/t19-/m0/s1. The van der Waals surface area contributed by atoms with Gasteiger partial charge in [0.05, 0.1) is 20.8 Å². The number of aromatic nitrogens is 1. The molecule has 1 aromatic carbocycles. The van der Waals surface area contributed by atoms with Gasteiger partial charge in [-0.05, 0) is 6.07 Å². The Morgan fingerprint density at radius 2 is 1.92 bits per heavy atom. The van der Waals surface area contributed by atoms with Crippen molar-refractivity contribution in [3.63, 3.8) is 0 Å². The van der Waals surface area contributed by atoms with Crippen molar-refractivity contribution in [1.29, 1.82) is 0 Å². The van der Waals surface area contributed by atoms with E-state index in [9.17, 15) is 14.4 Å². The zero-order valence-corrected chi connectivity index (χ0v) is 21.1. The van der Waals surface area contributed by atoms with Crippen molar-refractivity contribution < 1.29 is 23.8 Å². The lowest BCUT2D eigenvalue weighted by molar-refractivity contribution is -0.126. The van der Waals surface area contributed by atoms with Crippen molar-refractivity contribution in [2.45, 2.75) is 19.4 Å². The number of esters is 1. The van der Waals surface area contributed by atoms with E-state index in [4.69, 9.17) is 14.2 Å². The summed E-state index contributed by atoms with van der Waals surface area (Å²) in [5, 5.41) is 0. The molecule has 1 fully saturated rings. The maximum absolute atomic E-state index is 13.0. The summed E-state index contributed by atoms with van der Waals surface area (Å²) in [6.45, 7) is 3.34. The number of benzene rings is 1. The van der Waals surface area contributed by atoms with Crippen molar-refractivity contribution in [3.8, 4) is 11.5 Å². The SMILES string of the molecule is COC(=O)c1c(OC[C@H]2CC(=O)N(C)C2)cc(=O)n2c1CCN(C/C=C/c1ccccc1OC)CC2. The molecule has 3 heterocycles. The molecular weight excluding hydrogens is 462 g/mol. The summed E-state index contributed by atoms with van der Waals surface area (Å²) in [6.07, 6.45) is 5.00. The number of ether oxygens (including phenoxy) is 3. The highest BCUT2D eigenvalue weighted by atomic mass is 16.5. The van der Waals surface area contributed by atoms with Gasteiger partial charge in [0.15, 0.2) is 0 Å². The lowest BCUT2D eigenvalue weighted by Gasteiger charge is -2.18. The predicted molar refractivity (Wildman–Crippen MR) is 135 cm³/mol. The highest BCUT2D eigenvalue weighted by molar-refractivity contribution is 5.93. The van der Waals surface area contributed by atoms with Gasteiger partial charge in [0.25, 0.3) is 5.56 Å². The fraction of sp³-hybridized carbons (Fsp3) is 0.444. The number of methoxy groups -OCH3 is 2. The minimum Gasteiger partial charge on any atom is -0.496 e. The summed E-state index contributed by atoms with van der Waals surface area (Å²) in [5.74, 6) is 0.591. The summed E-state index contributed by atoms with van der Waals surface area (Å²) in [7, 11) is 4.73. The molecule has 0 aliphatic carbocycles. The van der Waals surface area contributed by atoms with Gasteiger partial charge in [0, 0.05) is 75.9 Å². The van der Waals surface area contributed by atoms with Crippen LogP contribution in [0.1, 0.15) is 28.0 Å². The van der Waals surface area contributed by atoms with Gasteiger partial charge in [-0.25, -0.2) is 4.79 Å². The molecule has 0 bridgehead atoms. The average molecular weight is 496 g/mol. The third-order valence-electron chi connectivity index (χ3n) is 6.77. The van der Waals surface area contributed by atoms with E-state index in [-0.39, 0.29) is 29.7 Å². The molecule has 0 saturated carbocycles. The Hall–Kier alpha value is -3.59. The number of carbonyl (C=O) groups is 2. The second kappa shape index (κ2) is 11.4. The minimum atomic E-state index is -0.530. The molecule has 192 valence electrons. The van der Waals surface area contributed by atoms with E-state index in [0.717, 1.165) is 11.3 Å². The molecule has 1 atom stereocenters. The average Bonchev–Trinajstić information content (AvgIpc) is 3.06. The number of rotatable bonds is 8. The second-order valence-corrected chi connectivity index (χ2v) is 9.16. The van der Waals surface area contributed by atoms with E-state index in [1.165, 1.54) is 13.2 Å². The van der Waals surface area contributed by atoms with E-state index in [0.29, 0.717) is 56.8 Å². The van der Waals surface area contributed by atoms with Gasteiger partial charge in [-0.2, -0.15) is 0 Å². The van der Waals surface area contributed by atoms with Gasteiger partial charge in [-0.15, -0.1) is 0 Å². The predicted octanol–water partition coefficient (Wildman–Crippen LogP) is 2.07. The molecule has 2 aromatic rings. The largest absolute Gasteiger partial charge is 0.496 e. The van der Waals surface area contributed by atoms with Gasteiger partial charge in [-0.3, -0.25) is 14.5 Å². The highest BCUT2D eigenvalue weighted by Gasteiger charge is 2.29. The monoisotopic (exact) mass is 495 g/mol. The first kappa shape index (κ1) is 25.5. The number of carbonyl (C=O) groups excluding carboxylic acids is 2. The van der Waals surface area contributed by atoms with Crippen LogP contribution in [-0.2, 0) is 22.5 Å². The van der Waals surface area contributed by atoms with Gasteiger partial charge >= 0.3 is 5.97 Å². The van der Waals surface area contributed by atoms with Crippen molar-refractivity contribution in [2.75, 3.05) is 54.1 Å². The molecular formula is C27H33N3O6. The summed E-state index contributed by atoms with van der Waals surface area (Å²) >= 11 is 0. The molecule has 0 unspecified atom stereocenters. The zero-order valence-electron chi connectivity index (χ0n) is 21.1. The Bertz CT molecular complexity index is 1200. The first-order valence-electron chi connectivity index (χ1n) is 12.1. The van der Waals surface area contributed by atoms with Crippen LogP contribution in [-0.4, -0.2) is 80.3 Å². The number of likely N-dealkylation sites (tertiary alicyclic amines) is 1. The molecule has 0 radical (unpaired) electrons. The van der Waals surface area contributed by atoms with Crippen LogP contribution >= 0.6 is 0 Å². The number of hydrogen-bond acceptors (Lipinski definition) is 7. The van der Waals surface area contributed by atoms with Crippen LogP contribution in [0.2, 0.25) is 0 Å². The molecule has 0 spiro atoms. The Labute approximate surface area is 210 Å². The number of nitrogens with zero attached hydrogens (tertiary/aromatic N) is 3. The van der Waals surface area contributed by atoms with E-state index in [1.54, 1.807) is 23.6 Å². The minimum absolute atomic E-state index is 0.0140. The maximum Gasteiger partial charge on any atom is 0.343 e. The fourth-order valence-corrected chi connectivity index (χ4v) is 4.82. The normalized spacial score (nSPS) is 18.2. The maximum atomic E-state index is 13.0. The number of para-hydroxylation sites is 1. The molecule has 1 amide bonds.